The first-order chi connectivity index (χ1) is 8.69. The van der Waals surface area contributed by atoms with Crippen molar-refractivity contribution in [1.82, 2.24) is 20.3 Å². The molecular weight excluding hydrogens is 254 g/mol. The molecule has 1 aromatic heterocycles. The Morgan fingerprint density at radius 1 is 1.33 bits per heavy atom. The minimum atomic E-state index is -0.0811. The van der Waals surface area contributed by atoms with Gasteiger partial charge < -0.3 is 15.4 Å². The van der Waals surface area contributed by atoms with Crippen LogP contribution in [0.2, 0.25) is 0 Å². The van der Waals surface area contributed by atoms with E-state index in [9.17, 15) is 4.79 Å². The number of carbonyl (C=O) groups is 1. The monoisotopic (exact) mass is 271 g/mol. The van der Waals surface area contributed by atoms with Crippen LogP contribution in [0.5, 0.6) is 6.01 Å². The van der Waals surface area contributed by atoms with Crippen LogP contribution >= 0.6 is 11.8 Å². The van der Waals surface area contributed by atoms with Crippen molar-refractivity contribution in [2.24, 2.45) is 0 Å². The summed E-state index contributed by atoms with van der Waals surface area (Å²) in [6.07, 6.45) is 0.876. The van der Waals surface area contributed by atoms with Gasteiger partial charge in [-0.25, -0.2) is 0 Å². The van der Waals surface area contributed by atoms with Crippen LogP contribution in [0.1, 0.15) is 13.3 Å². The van der Waals surface area contributed by atoms with Crippen molar-refractivity contribution in [2.45, 2.75) is 18.5 Å². The summed E-state index contributed by atoms with van der Waals surface area (Å²) in [6, 6.07) is 0.274. The minimum absolute atomic E-state index is 0.0811. The van der Waals surface area contributed by atoms with Gasteiger partial charge in [0.15, 0.2) is 5.16 Å². The quantitative estimate of drug-likeness (QED) is 0.700. The van der Waals surface area contributed by atoms with Crippen molar-refractivity contribution < 1.29 is 9.53 Å². The second-order valence-electron chi connectivity index (χ2n) is 3.28. The van der Waals surface area contributed by atoms with Gasteiger partial charge in [0.05, 0.1) is 12.4 Å². The molecule has 2 N–H and O–H groups in total. The SMILES string of the molecule is CCCOc1nc(NC)nc(SCC(=O)NC)n1. The van der Waals surface area contributed by atoms with Gasteiger partial charge in [0.25, 0.3) is 0 Å². The normalized spacial score (nSPS) is 9.94. The van der Waals surface area contributed by atoms with Gasteiger partial charge in [-0.3, -0.25) is 4.79 Å². The zero-order chi connectivity index (χ0) is 13.4. The van der Waals surface area contributed by atoms with E-state index in [2.05, 4.69) is 25.6 Å². The molecule has 0 aliphatic rings. The number of thioether (sulfide) groups is 1. The molecule has 0 saturated heterocycles. The third-order valence-electron chi connectivity index (χ3n) is 1.86. The van der Waals surface area contributed by atoms with Crippen LogP contribution in [0.3, 0.4) is 0 Å². The Morgan fingerprint density at radius 3 is 2.72 bits per heavy atom. The average Bonchev–Trinajstić information content (AvgIpc) is 2.42. The van der Waals surface area contributed by atoms with Gasteiger partial charge in [0, 0.05) is 14.1 Å². The summed E-state index contributed by atoms with van der Waals surface area (Å²) >= 11 is 1.24. The Morgan fingerprint density at radius 2 is 2.11 bits per heavy atom. The molecule has 1 heterocycles. The van der Waals surface area contributed by atoms with Gasteiger partial charge in [0.1, 0.15) is 0 Å². The highest BCUT2D eigenvalue weighted by atomic mass is 32.2. The molecule has 18 heavy (non-hydrogen) atoms. The number of aromatic nitrogens is 3. The summed E-state index contributed by atoms with van der Waals surface area (Å²) in [4.78, 5) is 23.5. The van der Waals surface area contributed by atoms with E-state index in [1.54, 1.807) is 14.1 Å². The van der Waals surface area contributed by atoms with Crippen molar-refractivity contribution in [3.05, 3.63) is 0 Å². The summed E-state index contributed by atoms with van der Waals surface area (Å²) in [7, 11) is 3.30. The fraction of sp³-hybridized carbons (Fsp3) is 0.600. The molecule has 0 radical (unpaired) electrons. The largest absolute Gasteiger partial charge is 0.463 e. The van der Waals surface area contributed by atoms with E-state index in [0.29, 0.717) is 17.7 Å². The molecule has 0 aliphatic carbocycles. The van der Waals surface area contributed by atoms with E-state index >= 15 is 0 Å². The van der Waals surface area contributed by atoms with Crippen LogP contribution in [0.25, 0.3) is 0 Å². The molecule has 1 rings (SSSR count). The molecule has 0 bridgehead atoms. The Bertz CT molecular complexity index is 402. The van der Waals surface area contributed by atoms with Gasteiger partial charge in [-0.15, -0.1) is 0 Å². The second-order valence-corrected chi connectivity index (χ2v) is 4.23. The number of ether oxygens (including phenoxy) is 1. The average molecular weight is 271 g/mol. The van der Waals surface area contributed by atoms with Crippen LogP contribution in [0, 0.1) is 0 Å². The second kappa shape index (κ2) is 7.70. The number of carbonyl (C=O) groups excluding carboxylic acids is 1. The third kappa shape index (κ3) is 4.74. The highest BCUT2D eigenvalue weighted by Gasteiger charge is 2.08. The highest BCUT2D eigenvalue weighted by molar-refractivity contribution is 7.99. The van der Waals surface area contributed by atoms with Gasteiger partial charge in [-0.2, -0.15) is 15.0 Å². The van der Waals surface area contributed by atoms with E-state index in [1.807, 2.05) is 6.92 Å². The predicted molar refractivity (Wildman–Crippen MR) is 70.0 cm³/mol. The van der Waals surface area contributed by atoms with Crippen molar-refractivity contribution in [2.75, 3.05) is 31.8 Å². The summed E-state index contributed by atoms with van der Waals surface area (Å²) in [5, 5.41) is 5.83. The molecule has 8 heteroatoms. The molecule has 0 saturated carbocycles. The molecule has 0 fully saturated rings. The summed E-state index contributed by atoms with van der Waals surface area (Å²) in [5.74, 6) is 0.606. The molecule has 100 valence electrons. The maximum Gasteiger partial charge on any atom is 0.322 e. The van der Waals surface area contributed by atoms with Crippen LogP contribution in [-0.4, -0.2) is 47.3 Å². The topological polar surface area (TPSA) is 89.0 Å². The predicted octanol–water partition coefficient (Wildman–Crippen LogP) is 0.540. The number of amides is 1. The molecule has 0 atom stereocenters. The van der Waals surface area contributed by atoms with E-state index in [4.69, 9.17) is 4.74 Å². The van der Waals surface area contributed by atoms with E-state index in [1.165, 1.54) is 11.8 Å². The lowest BCUT2D eigenvalue weighted by atomic mass is 10.5. The standard InChI is InChI=1S/C10H17N5O2S/c1-4-5-17-9-13-8(12-3)14-10(15-9)18-6-7(16)11-2/h4-6H2,1-3H3,(H,11,16)(H,12,13,14,15). The number of hydrogen-bond donors (Lipinski definition) is 2. The van der Waals surface area contributed by atoms with Gasteiger partial charge in [0.2, 0.25) is 11.9 Å². The Balaban J connectivity index is 2.73. The number of nitrogens with one attached hydrogen (secondary N) is 2. The molecule has 0 spiro atoms. The maximum absolute atomic E-state index is 11.1. The van der Waals surface area contributed by atoms with Gasteiger partial charge >= 0.3 is 6.01 Å². The van der Waals surface area contributed by atoms with Crippen LogP contribution in [0.15, 0.2) is 5.16 Å². The molecule has 1 amide bonds. The van der Waals surface area contributed by atoms with Crippen LogP contribution in [-0.2, 0) is 4.79 Å². The Labute approximate surface area is 110 Å². The maximum atomic E-state index is 11.1. The zero-order valence-electron chi connectivity index (χ0n) is 10.7. The van der Waals surface area contributed by atoms with E-state index in [-0.39, 0.29) is 17.7 Å². The van der Waals surface area contributed by atoms with E-state index in [0.717, 1.165) is 6.42 Å². The minimum Gasteiger partial charge on any atom is -0.463 e. The molecule has 0 unspecified atom stereocenters. The number of hydrogen-bond acceptors (Lipinski definition) is 7. The molecule has 0 aliphatic heterocycles. The van der Waals surface area contributed by atoms with Crippen LogP contribution in [0.4, 0.5) is 5.95 Å². The van der Waals surface area contributed by atoms with Crippen molar-refractivity contribution in [1.29, 1.82) is 0 Å². The molecule has 7 nitrogen and oxygen atoms in total. The summed E-state index contributed by atoms with van der Waals surface area (Å²) in [6.45, 7) is 2.55. The molecular formula is C10H17N5O2S. The number of rotatable bonds is 7. The highest BCUT2D eigenvalue weighted by Crippen LogP contribution is 2.17. The lowest BCUT2D eigenvalue weighted by Gasteiger charge is -2.06. The first kappa shape index (κ1) is 14.5. The van der Waals surface area contributed by atoms with Gasteiger partial charge in [-0.05, 0) is 6.42 Å². The molecule has 1 aromatic rings. The van der Waals surface area contributed by atoms with E-state index < -0.39 is 0 Å². The first-order valence-corrected chi connectivity index (χ1v) is 6.58. The first-order valence-electron chi connectivity index (χ1n) is 5.59. The van der Waals surface area contributed by atoms with Crippen molar-refractivity contribution in [3.63, 3.8) is 0 Å². The third-order valence-corrected chi connectivity index (χ3v) is 2.71. The Kier molecular flexibility index (Phi) is 6.20. The number of nitrogens with zero attached hydrogens (tertiary/aromatic N) is 3. The van der Waals surface area contributed by atoms with Crippen molar-refractivity contribution in [3.8, 4) is 6.01 Å². The Hall–Kier alpha value is -1.57. The molecule has 0 aromatic carbocycles. The van der Waals surface area contributed by atoms with Gasteiger partial charge in [-0.1, -0.05) is 18.7 Å². The fourth-order valence-corrected chi connectivity index (χ4v) is 1.67. The fourth-order valence-electron chi connectivity index (χ4n) is 0.975. The van der Waals surface area contributed by atoms with Crippen molar-refractivity contribution >= 4 is 23.6 Å². The number of anilines is 1. The smallest absolute Gasteiger partial charge is 0.322 e. The summed E-state index contributed by atoms with van der Waals surface area (Å²) in [5.41, 5.74) is 0. The lowest BCUT2D eigenvalue weighted by Crippen LogP contribution is -2.20. The van der Waals surface area contributed by atoms with Crippen LogP contribution < -0.4 is 15.4 Å². The summed E-state index contributed by atoms with van der Waals surface area (Å²) < 4.78 is 5.36. The zero-order valence-corrected chi connectivity index (χ0v) is 11.5. The lowest BCUT2D eigenvalue weighted by molar-refractivity contribution is -0.118.